The molecule has 3 N–H and O–H groups in total. The summed E-state index contributed by atoms with van der Waals surface area (Å²) >= 11 is 0. The van der Waals surface area contributed by atoms with Crippen LogP contribution in [0, 0.1) is 17.8 Å². The number of nitrogens with one attached hydrogen (secondary N) is 2. The number of ether oxygens (including phenoxy) is 2. The van der Waals surface area contributed by atoms with Crippen LogP contribution in [0.1, 0.15) is 79.6 Å². The summed E-state index contributed by atoms with van der Waals surface area (Å²) in [5.41, 5.74) is -3.92. The fourth-order valence-corrected chi connectivity index (χ4v) is 9.77. The Kier molecular flexibility index (Phi) is 11.9. The lowest BCUT2D eigenvalue weighted by molar-refractivity contribution is -0.222. The zero-order valence-electron chi connectivity index (χ0n) is 35.1. The Morgan fingerprint density at radius 2 is 1.78 bits per heavy atom. The summed E-state index contributed by atoms with van der Waals surface area (Å²) in [6.07, 6.45) is -1.43. The summed E-state index contributed by atoms with van der Waals surface area (Å²) in [5.74, 6) is -4.08. The second-order valence-electron chi connectivity index (χ2n) is 17.9. The molecule has 15 nitrogen and oxygen atoms in total. The number of hydrogen-bond donors (Lipinski definition) is 3. The molecule has 7 atom stereocenters. The lowest BCUT2D eigenvalue weighted by atomic mass is 9.85. The van der Waals surface area contributed by atoms with Crippen LogP contribution in [0.5, 0.6) is 11.6 Å². The maximum atomic E-state index is 15.1. The van der Waals surface area contributed by atoms with E-state index in [-0.39, 0.29) is 42.5 Å². The van der Waals surface area contributed by atoms with Crippen molar-refractivity contribution in [2.24, 2.45) is 17.8 Å². The molecule has 0 radical (unpaired) electrons. The number of anilines is 1. The third-order valence-corrected chi connectivity index (χ3v) is 15.0. The molecule has 1 saturated heterocycles. The SMILES string of the molecule is COc1cnc(O[C@@H]2C[C@H]3C(=O)N[C@]4(C(=O)NS(=O)(=O)C5(C)CC5)C[C@H]4C=CCC[C@H](C)C[C@@H](C)[C@H](N(C(=O)O)C(C)(C)C(F)(F)F)C(=O)N3C2)c2ccc(N(C)C)cc12. The monoisotopic (exact) mass is 864 g/mol. The smallest absolute Gasteiger partial charge is 0.411 e. The van der Waals surface area contributed by atoms with Gasteiger partial charge in [-0.25, -0.2) is 18.2 Å². The van der Waals surface area contributed by atoms with Crippen LogP contribution in [0.2, 0.25) is 0 Å². The number of alkyl halides is 3. The third-order valence-electron chi connectivity index (χ3n) is 12.8. The Labute approximate surface area is 348 Å². The molecule has 3 heterocycles. The highest BCUT2D eigenvalue weighted by molar-refractivity contribution is 7.91. The van der Waals surface area contributed by atoms with E-state index in [4.69, 9.17) is 9.47 Å². The highest BCUT2D eigenvalue weighted by atomic mass is 32.2. The molecule has 330 valence electrons. The van der Waals surface area contributed by atoms with Crippen LogP contribution in [-0.4, -0.2) is 120 Å². The van der Waals surface area contributed by atoms with Crippen molar-refractivity contribution >= 4 is 50.3 Å². The first kappa shape index (κ1) is 44.7. The second-order valence-corrected chi connectivity index (χ2v) is 20.1. The zero-order chi connectivity index (χ0) is 44.3. The van der Waals surface area contributed by atoms with Crippen LogP contribution in [0.4, 0.5) is 23.7 Å². The minimum absolute atomic E-state index is 0.0480. The summed E-state index contributed by atoms with van der Waals surface area (Å²) in [7, 11) is 1.09. The van der Waals surface area contributed by atoms with Crippen LogP contribution >= 0.6 is 0 Å². The highest BCUT2D eigenvalue weighted by Crippen LogP contribution is 2.48. The van der Waals surface area contributed by atoms with E-state index in [0.29, 0.717) is 56.1 Å². The molecule has 1 aromatic carbocycles. The molecule has 3 fully saturated rings. The number of fused-ring (bicyclic) bond motifs is 3. The maximum absolute atomic E-state index is 15.1. The number of pyridine rings is 1. The molecule has 2 saturated carbocycles. The molecule has 6 rings (SSSR count). The summed E-state index contributed by atoms with van der Waals surface area (Å²) < 4.78 is 83.7. The van der Waals surface area contributed by atoms with Gasteiger partial charge in [0.15, 0.2) is 0 Å². The number of amides is 4. The second kappa shape index (κ2) is 15.9. The first-order chi connectivity index (χ1) is 27.9. The van der Waals surface area contributed by atoms with Crippen molar-refractivity contribution in [3.8, 4) is 11.6 Å². The molecule has 1 aromatic heterocycles. The van der Waals surface area contributed by atoms with Gasteiger partial charge in [0.1, 0.15) is 35.0 Å². The van der Waals surface area contributed by atoms with Gasteiger partial charge in [-0.3, -0.25) is 24.0 Å². The van der Waals surface area contributed by atoms with Crippen molar-refractivity contribution in [1.29, 1.82) is 0 Å². The quantitative estimate of drug-likeness (QED) is 0.280. The number of carbonyl (C=O) groups is 4. The number of rotatable bonds is 9. The van der Waals surface area contributed by atoms with Gasteiger partial charge in [-0.1, -0.05) is 26.0 Å². The van der Waals surface area contributed by atoms with Crippen LogP contribution in [-0.2, 0) is 24.4 Å². The van der Waals surface area contributed by atoms with Gasteiger partial charge in [-0.15, -0.1) is 0 Å². The van der Waals surface area contributed by atoms with Crippen molar-refractivity contribution in [3.05, 3.63) is 36.5 Å². The molecule has 0 unspecified atom stereocenters. The average Bonchev–Trinajstić information content (AvgIpc) is 4.04. The third kappa shape index (κ3) is 8.29. The standard InChI is InChI=1S/C41H55F3N6O9S/c1-23-11-9-10-12-25-20-40(25,36(53)47-60(56,57)39(5)15-16-39)46-33(51)30-19-27(59-34-28-14-13-26(48(6)7)18-29(28)31(58-8)21-45-34)22-49(30)35(52)32(24(2)17-23)50(37(54)55)38(3,4)41(42,43)44/h10,12-14,18,21,23-25,27,30,32H,9,11,15-17,19-20,22H2,1-8H3,(H,46,51)(H,47,53)(H,54,55)/t23-,24+,25+,27+,30-,32-,40+/m0/s1. The topological polar surface area (TPSA) is 188 Å². The number of hydrogen-bond acceptors (Lipinski definition) is 10. The minimum Gasteiger partial charge on any atom is -0.494 e. The van der Waals surface area contributed by atoms with Gasteiger partial charge in [0.2, 0.25) is 27.7 Å². The van der Waals surface area contributed by atoms with Crippen molar-refractivity contribution < 1.29 is 55.3 Å². The molecule has 2 aliphatic heterocycles. The normalized spacial score (nSPS) is 28.4. The lowest BCUT2D eigenvalue weighted by Gasteiger charge is -2.45. The van der Waals surface area contributed by atoms with Crippen molar-refractivity contribution in [3.63, 3.8) is 0 Å². The molecule has 4 aliphatic rings. The van der Waals surface area contributed by atoms with E-state index in [1.54, 1.807) is 12.1 Å². The number of sulfonamides is 1. The largest absolute Gasteiger partial charge is 0.494 e. The highest BCUT2D eigenvalue weighted by Gasteiger charge is 2.64. The number of carbonyl (C=O) groups excluding carboxylic acids is 3. The Balaban J connectivity index is 1.44. The Morgan fingerprint density at radius 3 is 2.38 bits per heavy atom. The van der Waals surface area contributed by atoms with E-state index in [9.17, 15) is 41.1 Å². The van der Waals surface area contributed by atoms with E-state index < -0.39 is 85.9 Å². The fraction of sp³-hybridized carbons (Fsp3) is 0.634. The summed E-state index contributed by atoms with van der Waals surface area (Å²) in [5, 5.41) is 14.4. The van der Waals surface area contributed by atoms with Gasteiger partial charge >= 0.3 is 12.3 Å². The van der Waals surface area contributed by atoms with Crippen LogP contribution < -0.4 is 24.4 Å². The fourth-order valence-electron chi connectivity index (χ4n) is 8.46. The van der Waals surface area contributed by atoms with Gasteiger partial charge < -0.3 is 29.7 Å². The van der Waals surface area contributed by atoms with E-state index in [2.05, 4.69) is 15.0 Å². The van der Waals surface area contributed by atoms with Gasteiger partial charge in [-0.2, -0.15) is 13.2 Å². The zero-order valence-corrected chi connectivity index (χ0v) is 35.9. The first-order valence-corrected chi connectivity index (χ1v) is 21.6. The van der Waals surface area contributed by atoms with Crippen LogP contribution in [0.25, 0.3) is 10.8 Å². The van der Waals surface area contributed by atoms with E-state index in [1.807, 2.05) is 44.1 Å². The molecule has 0 spiro atoms. The Morgan fingerprint density at radius 1 is 1.10 bits per heavy atom. The van der Waals surface area contributed by atoms with Gasteiger partial charge in [0.05, 0.1) is 24.6 Å². The number of allylic oxidation sites excluding steroid dienone is 1. The number of carboxylic acid groups (broad SMARTS) is 1. The van der Waals surface area contributed by atoms with Gasteiger partial charge in [0.25, 0.3) is 5.91 Å². The number of methoxy groups -OCH3 is 1. The van der Waals surface area contributed by atoms with Crippen molar-refractivity contribution in [1.82, 2.24) is 24.8 Å². The predicted molar refractivity (Wildman–Crippen MR) is 216 cm³/mol. The molecule has 4 amide bonds. The Hall–Kier alpha value is -4.81. The van der Waals surface area contributed by atoms with Gasteiger partial charge in [-0.05, 0) is 89.3 Å². The molecule has 0 bridgehead atoms. The average molecular weight is 865 g/mol. The van der Waals surface area contributed by atoms with Crippen LogP contribution in [0.15, 0.2) is 36.5 Å². The first-order valence-electron chi connectivity index (χ1n) is 20.1. The Bertz CT molecular complexity index is 2180. The van der Waals surface area contributed by atoms with Gasteiger partial charge in [0, 0.05) is 42.9 Å². The predicted octanol–water partition coefficient (Wildman–Crippen LogP) is 5.23. The number of nitrogens with zero attached hydrogens (tertiary/aromatic N) is 4. The van der Waals surface area contributed by atoms with Crippen LogP contribution in [0.3, 0.4) is 0 Å². The number of halogens is 3. The molecule has 2 aliphatic carbocycles. The summed E-state index contributed by atoms with van der Waals surface area (Å²) in [4.78, 5) is 64.2. The molecule has 19 heteroatoms. The summed E-state index contributed by atoms with van der Waals surface area (Å²) in [6, 6.07) is 2.07. The number of benzene rings is 1. The molecular formula is C41H55F3N6O9S. The van der Waals surface area contributed by atoms with E-state index >= 15 is 4.79 Å². The molecular weight excluding hydrogens is 810 g/mol. The summed E-state index contributed by atoms with van der Waals surface area (Å²) in [6.45, 7) is 5.92. The molecule has 60 heavy (non-hydrogen) atoms. The molecule has 2 aromatic rings. The van der Waals surface area contributed by atoms with Crippen molar-refractivity contribution in [2.75, 3.05) is 32.6 Å². The van der Waals surface area contributed by atoms with E-state index in [0.717, 1.165) is 10.6 Å². The minimum atomic E-state index is -5.10. The lowest BCUT2D eigenvalue weighted by Crippen LogP contribution is -2.66. The maximum Gasteiger partial charge on any atom is 0.411 e. The van der Waals surface area contributed by atoms with E-state index in [1.165, 1.54) is 27.2 Å². The number of aromatic nitrogens is 1. The van der Waals surface area contributed by atoms with Crippen molar-refractivity contribution in [2.45, 2.75) is 120 Å².